The van der Waals surface area contributed by atoms with Crippen LogP contribution < -0.4 is 5.32 Å². The van der Waals surface area contributed by atoms with Crippen LogP contribution in [0, 0.1) is 12.3 Å². The van der Waals surface area contributed by atoms with Gasteiger partial charge in [0.2, 0.25) is 16.5 Å². The first-order valence-electron chi connectivity index (χ1n) is 3.41. The molecular formula is C7H6Cl2N4. The highest BCUT2D eigenvalue weighted by atomic mass is 35.5. The molecule has 1 N–H and O–H groups in total. The highest BCUT2D eigenvalue weighted by Gasteiger charge is 2.04. The zero-order chi connectivity index (χ0) is 9.84. The molecule has 0 aromatic carbocycles. The molecule has 0 aliphatic carbocycles. The smallest absolute Gasteiger partial charge is 0.229 e. The number of terminal acetylenes is 1. The molecule has 1 aromatic heterocycles. The predicted octanol–water partition coefficient (Wildman–Crippen LogP) is 1.61. The Bertz CT molecular complexity index is 327. The molecule has 0 saturated heterocycles. The average molecular weight is 217 g/mol. The molecule has 13 heavy (non-hydrogen) atoms. The fraction of sp³-hybridized carbons (Fsp3) is 0.286. The summed E-state index contributed by atoms with van der Waals surface area (Å²) < 4.78 is 0. The van der Waals surface area contributed by atoms with Crippen LogP contribution in [-0.4, -0.2) is 21.0 Å². The van der Waals surface area contributed by atoms with Crippen LogP contribution in [0.2, 0.25) is 10.6 Å². The van der Waals surface area contributed by atoms with E-state index in [1.54, 1.807) is 6.92 Å². The summed E-state index contributed by atoms with van der Waals surface area (Å²) >= 11 is 11.1. The fourth-order valence-corrected chi connectivity index (χ4v) is 0.989. The molecule has 1 atom stereocenters. The van der Waals surface area contributed by atoms with Crippen molar-refractivity contribution in [1.82, 2.24) is 15.0 Å². The summed E-state index contributed by atoms with van der Waals surface area (Å²) in [5, 5.41) is 2.87. The van der Waals surface area contributed by atoms with Crippen molar-refractivity contribution in [2.75, 3.05) is 5.32 Å². The van der Waals surface area contributed by atoms with E-state index in [1.165, 1.54) is 0 Å². The zero-order valence-corrected chi connectivity index (χ0v) is 8.26. The van der Waals surface area contributed by atoms with Gasteiger partial charge in [-0.1, -0.05) is 5.92 Å². The van der Waals surface area contributed by atoms with Crippen molar-refractivity contribution < 1.29 is 0 Å². The van der Waals surface area contributed by atoms with E-state index < -0.39 is 0 Å². The maximum absolute atomic E-state index is 5.54. The van der Waals surface area contributed by atoms with Crippen molar-refractivity contribution in [2.45, 2.75) is 13.0 Å². The van der Waals surface area contributed by atoms with Gasteiger partial charge < -0.3 is 5.32 Å². The first kappa shape index (κ1) is 10.0. The normalized spacial score (nSPS) is 11.8. The lowest BCUT2D eigenvalue weighted by Crippen LogP contribution is -2.14. The van der Waals surface area contributed by atoms with Gasteiger partial charge in [-0.3, -0.25) is 0 Å². The van der Waals surface area contributed by atoms with Crippen molar-refractivity contribution in [3.63, 3.8) is 0 Å². The minimum atomic E-state index is -0.186. The number of hydrogen-bond donors (Lipinski definition) is 1. The Labute approximate surface area is 85.7 Å². The average Bonchev–Trinajstić information content (AvgIpc) is 2.02. The maximum Gasteiger partial charge on any atom is 0.229 e. The summed E-state index contributed by atoms with van der Waals surface area (Å²) in [6, 6.07) is -0.186. The number of hydrogen-bond acceptors (Lipinski definition) is 4. The molecular weight excluding hydrogens is 211 g/mol. The van der Waals surface area contributed by atoms with E-state index in [0.717, 1.165) is 0 Å². The van der Waals surface area contributed by atoms with Gasteiger partial charge in [-0.05, 0) is 30.1 Å². The van der Waals surface area contributed by atoms with E-state index in [4.69, 9.17) is 29.6 Å². The van der Waals surface area contributed by atoms with Crippen LogP contribution in [0.15, 0.2) is 0 Å². The van der Waals surface area contributed by atoms with Crippen LogP contribution in [0.5, 0.6) is 0 Å². The van der Waals surface area contributed by atoms with E-state index >= 15 is 0 Å². The number of aromatic nitrogens is 3. The van der Waals surface area contributed by atoms with Gasteiger partial charge >= 0.3 is 0 Å². The van der Waals surface area contributed by atoms with Gasteiger partial charge in [-0.2, -0.15) is 15.0 Å². The van der Waals surface area contributed by atoms with Crippen LogP contribution in [0.25, 0.3) is 0 Å². The van der Waals surface area contributed by atoms with E-state index in [0.29, 0.717) is 0 Å². The molecule has 1 heterocycles. The number of nitrogens with one attached hydrogen (secondary N) is 1. The Morgan fingerprint density at radius 3 is 2.31 bits per heavy atom. The number of rotatable bonds is 2. The summed E-state index contributed by atoms with van der Waals surface area (Å²) in [4.78, 5) is 11.1. The van der Waals surface area contributed by atoms with Crippen molar-refractivity contribution in [3.05, 3.63) is 10.6 Å². The highest BCUT2D eigenvalue weighted by Crippen LogP contribution is 2.09. The topological polar surface area (TPSA) is 50.7 Å². The molecule has 4 nitrogen and oxygen atoms in total. The van der Waals surface area contributed by atoms with E-state index in [1.807, 2.05) is 0 Å². The van der Waals surface area contributed by atoms with Crippen molar-refractivity contribution in [2.24, 2.45) is 0 Å². The SMILES string of the molecule is C#CC(C)Nc1nc(Cl)nc(Cl)n1. The molecule has 0 radical (unpaired) electrons. The van der Waals surface area contributed by atoms with E-state index in [9.17, 15) is 0 Å². The molecule has 1 rings (SSSR count). The second kappa shape index (κ2) is 4.26. The first-order valence-corrected chi connectivity index (χ1v) is 4.17. The second-order valence-electron chi connectivity index (χ2n) is 2.23. The largest absolute Gasteiger partial charge is 0.341 e. The third-order valence-corrected chi connectivity index (χ3v) is 1.51. The molecule has 0 amide bonds. The third kappa shape index (κ3) is 3.05. The first-order chi connectivity index (χ1) is 6.11. The van der Waals surface area contributed by atoms with E-state index in [2.05, 4.69) is 26.2 Å². The Hall–Kier alpha value is -1.05. The molecule has 0 aliphatic rings. The Balaban J connectivity index is 2.84. The lowest BCUT2D eigenvalue weighted by molar-refractivity contribution is 0.957. The van der Waals surface area contributed by atoms with Gasteiger partial charge in [-0.15, -0.1) is 6.42 Å². The predicted molar refractivity (Wildman–Crippen MR) is 51.8 cm³/mol. The fourth-order valence-electron chi connectivity index (χ4n) is 0.626. The minimum Gasteiger partial charge on any atom is -0.341 e. The van der Waals surface area contributed by atoms with Gasteiger partial charge in [0.25, 0.3) is 0 Å². The molecule has 0 saturated carbocycles. The summed E-state index contributed by atoms with van der Waals surface area (Å²) in [5.41, 5.74) is 0. The van der Waals surface area contributed by atoms with Crippen molar-refractivity contribution in [3.8, 4) is 12.3 Å². The summed E-state index contributed by atoms with van der Waals surface area (Å²) in [7, 11) is 0. The van der Waals surface area contributed by atoms with Crippen LogP contribution in [-0.2, 0) is 0 Å². The quantitative estimate of drug-likeness (QED) is 0.764. The van der Waals surface area contributed by atoms with E-state index in [-0.39, 0.29) is 22.6 Å². The van der Waals surface area contributed by atoms with Crippen molar-refractivity contribution in [1.29, 1.82) is 0 Å². The van der Waals surface area contributed by atoms with Crippen LogP contribution in [0.1, 0.15) is 6.92 Å². The van der Waals surface area contributed by atoms with Crippen LogP contribution in [0.3, 0.4) is 0 Å². The summed E-state index contributed by atoms with van der Waals surface area (Å²) in [6.07, 6.45) is 5.15. The monoisotopic (exact) mass is 216 g/mol. The van der Waals surface area contributed by atoms with Gasteiger partial charge in [0.15, 0.2) is 0 Å². The van der Waals surface area contributed by atoms with Crippen LogP contribution in [0.4, 0.5) is 5.95 Å². The molecule has 0 bridgehead atoms. The number of halogens is 2. The lowest BCUT2D eigenvalue weighted by Gasteiger charge is -2.06. The Kier molecular flexibility index (Phi) is 3.29. The van der Waals surface area contributed by atoms with Gasteiger partial charge in [0, 0.05) is 0 Å². The Morgan fingerprint density at radius 1 is 1.31 bits per heavy atom. The second-order valence-corrected chi connectivity index (χ2v) is 2.91. The standard InChI is InChI=1S/C7H6Cl2N4/c1-3-4(2)10-7-12-5(8)11-6(9)13-7/h1,4H,2H3,(H,10,11,12,13). The maximum atomic E-state index is 5.54. The minimum absolute atomic E-state index is 0.0340. The molecule has 68 valence electrons. The number of nitrogens with zero attached hydrogens (tertiary/aromatic N) is 3. The third-order valence-electron chi connectivity index (χ3n) is 1.18. The summed E-state index contributed by atoms with van der Waals surface area (Å²) in [6.45, 7) is 1.78. The molecule has 0 spiro atoms. The van der Waals surface area contributed by atoms with Crippen molar-refractivity contribution >= 4 is 29.2 Å². The summed E-state index contributed by atoms with van der Waals surface area (Å²) in [5.74, 6) is 2.73. The number of anilines is 1. The molecule has 6 heteroatoms. The molecule has 0 fully saturated rings. The zero-order valence-electron chi connectivity index (χ0n) is 6.75. The van der Waals surface area contributed by atoms with Gasteiger partial charge in [0.1, 0.15) is 0 Å². The lowest BCUT2D eigenvalue weighted by atomic mass is 10.4. The molecule has 1 aromatic rings. The van der Waals surface area contributed by atoms with Gasteiger partial charge in [0.05, 0.1) is 6.04 Å². The highest BCUT2D eigenvalue weighted by molar-refractivity contribution is 6.31. The van der Waals surface area contributed by atoms with Crippen LogP contribution >= 0.6 is 23.2 Å². The van der Waals surface area contributed by atoms with Gasteiger partial charge in [-0.25, -0.2) is 0 Å². The Morgan fingerprint density at radius 2 is 1.85 bits per heavy atom. The molecule has 1 unspecified atom stereocenters. The molecule has 0 aliphatic heterocycles.